The molecule has 0 radical (unpaired) electrons. The van der Waals surface area contributed by atoms with Crippen LogP contribution in [0.5, 0.6) is 5.75 Å². The third-order valence-electron chi connectivity index (χ3n) is 4.75. The molecule has 0 heterocycles. The lowest BCUT2D eigenvalue weighted by Gasteiger charge is -2.23. The second-order valence-electron chi connectivity index (χ2n) is 9.24. The first-order chi connectivity index (χ1) is 16.3. The maximum absolute atomic E-state index is 12.2. The minimum absolute atomic E-state index is 0.0495. The minimum Gasteiger partial charge on any atom is -0.491 e. The fraction of sp³-hybridized carbons (Fsp3) is 0.481. The number of amides is 1. The molecular weight excluding hydrogens is 466 g/mol. The van der Waals surface area contributed by atoms with Crippen LogP contribution in [-0.4, -0.2) is 53.1 Å². The van der Waals surface area contributed by atoms with E-state index in [0.29, 0.717) is 29.1 Å². The van der Waals surface area contributed by atoms with E-state index < -0.39 is 17.7 Å². The lowest BCUT2D eigenvalue weighted by molar-refractivity contribution is -0.131. The van der Waals surface area contributed by atoms with Gasteiger partial charge >= 0.3 is 5.97 Å². The highest BCUT2D eigenvalue weighted by Gasteiger charge is 2.19. The summed E-state index contributed by atoms with van der Waals surface area (Å²) >= 11 is 1.40. The number of thioether (sulfide) groups is 1. The Morgan fingerprint density at radius 3 is 2.46 bits per heavy atom. The third kappa shape index (κ3) is 12.6. The van der Waals surface area contributed by atoms with E-state index in [1.165, 1.54) is 23.9 Å². The molecule has 0 saturated carbocycles. The van der Waals surface area contributed by atoms with Crippen LogP contribution in [-0.2, 0) is 9.53 Å². The first-order valence-electron chi connectivity index (χ1n) is 11.6. The number of nitrogens with one attached hydrogen (secondary N) is 1. The minimum atomic E-state index is -1.09. The van der Waals surface area contributed by atoms with E-state index in [-0.39, 0.29) is 30.7 Å². The van der Waals surface area contributed by atoms with E-state index >= 15 is 0 Å². The fourth-order valence-corrected chi connectivity index (χ4v) is 3.95. The molecule has 0 aliphatic heterocycles. The Morgan fingerprint density at radius 2 is 1.89 bits per heavy atom. The van der Waals surface area contributed by atoms with Gasteiger partial charge in [-0.25, -0.2) is 4.79 Å². The molecule has 2 atom stereocenters. The molecule has 0 fully saturated rings. The van der Waals surface area contributed by atoms with Gasteiger partial charge in [0.25, 0.3) is 0 Å². The quantitative estimate of drug-likeness (QED) is 0.274. The molecule has 7 nitrogen and oxygen atoms in total. The third-order valence-corrected chi connectivity index (χ3v) is 5.69. The number of carbonyl (C=O) groups is 2. The molecule has 3 N–H and O–H groups in total. The van der Waals surface area contributed by atoms with Gasteiger partial charge in [0.15, 0.2) is 0 Å². The Labute approximate surface area is 213 Å². The van der Waals surface area contributed by atoms with Gasteiger partial charge in [0, 0.05) is 10.9 Å². The van der Waals surface area contributed by atoms with Crippen LogP contribution < -0.4 is 10.1 Å². The van der Waals surface area contributed by atoms with Gasteiger partial charge < -0.3 is 25.0 Å². The second-order valence-corrected chi connectivity index (χ2v) is 10.6. The van der Waals surface area contributed by atoms with E-state index in [2.05, 4.69) is 18.5 Å². The summed E-state index contributed by atoms with van der Waals surface area (Å²) in [6.07, 6.45) is 4.49. The molecule has 0 aliphatic carbocycles. The van der Waals surface area contributed by atoms with Gasteiger partial charge in [-0.2, -0.15) is 0 Å². The Kier molecular flexibility index (Phi) is 12.9. The molecule has 8 heteroatoms. The van der Waals surface area contributed by atoms with Gasteiger partial charge in [0.05, 0.1) is 17.3 Å². The van der Waals surface area contributed by atoms with Gasteiger partial charge in [-0.3, -0.25) is 4.79 Å². The van der Waals surface area contributed by atoms with E-state index in [4.69, 9.17) is 9.47 Å². The van der Waals surface area contributed by atoms with Crippen molar-refractivity contribution in [3.05, 3.63) is 59.5 Å². The van der Waals surface area contributed by atoms with Crippen LogP contribution in [0.25, 0.3) is 4.91 Å². The van der Waals surface area contributed by atoms with Crippen LogP contribution >= 0.6 is 11.8 Å². The van der Waals surface area contributed by atoms with E-state index in [1.807, 2.05) is 40.7 Å². The van der Waals surface area contributed by atoms with E-state index in [9.17, 15) is 19.8 Å². The first kappa shape index (κ1) is 30.5. The van der Waals surface area contributed by atoms with Gasteiger partial charge in [0.2, 0.25) is 5.91 Å². The largest absolute Gasteiger partial charge is 0.491 e. The number of allylic oxidation sites excluding steroid dienone is 3. The van der Waals surface area contributed by atoms with Crippen molar-refractivity contribution in [3.63, 3.8) is 0 Å². The average Bonchev–Trinajstić information content (AvgIpc) is 2.76. The van der Waals surface area contributed by atoms with Crippen molar-refractivity contribution >= 4 is 28.5 Å². The molecule has 194 valence electrons. The Balaban J connectivity index is 2.83. The SMILES string of the molecule is C=C/C=C(/C)SC(=C)c1cc(OC[C@H](O)CC(CCC)NC(=O)COC(C)(C)C)cc(C(=O)O)c1. The lowest BCUT2D eigenvalue weighted by Crippen LogP contribution is -2.41. The summed E-state index contributed by atoms with van der Waals surface area (Å²) in [5, 5.41) is 23.0. The molecule has 35 heavy (non-hydrogen) atoms. The Bertz CT molecular complexity index is 919. The number of benzene rings is 1. The zero-order chi connectivity index (χ0) is 26.6. The standard InChI is InChI=1S/C27H39NO6S/c1-8-10-18(3)35-19(4)20-12-21(26(31)32)14-24(13-20)33-16-23(29)15-22(11-9-2)28-25(30)17-34-27(5,6)7/h8,10,12-14,22-23,29H,1,4,9,11,15-17H2,2-3,5-7H3,(H,28,30)(H,31,32)/b18-10-/t22?,23-/m1/s1. The number of aromatic carboxylic acids is 1. The number of hydrogen-bond acceptors (Lipinski definition) is 6. The molecule has 1 amide bonds. The highest BCUT2D eigenvalue weighted by atomic mass is 32.2. The van der Waals surface area contributed by atoms with Crippen molar-refractivity contribution in [3.8, 4) is 5.75 Å². The molecule has 1 aromatic rings. The predicted octanol–water partition coefficient (Wildman–Crippen LogP) is 5.41. The highest BCUT2D eigenvalue weighted by molar-refractivity contribution is 8.11. The summed E-state index contributed by atoms with van der Waals surface area (Å²) in [6, 6.07) is 4.42. The number of rotatable bonds is 15. The highest BCUT2D eigenvalue weighted by Crippen LogP contribution is 2.34. The summed E-state index contributed by atoms with van der Waals surface area (Å²) in [4.78, 5) is 25.5. The first-order valence-corrected chi connectivity index (χ1v) is 12.4. The molecule has 1 aromatic carbocycles. The van der Waals surface area contributed by atoms with Gasteiger partial charge in [0.1, 0.15) is 19.0 Å². The topological polar surface area (TPSA) is 105 Å². The van der Waals surface area contributed by atoms with Crippen LogP contribution in [0.4, 0.5) is 0 Å². The van der Waals surface area contributed by atoms with Crippen molar-refractivity contribution < 1.29 is 29.3 Å². The molecule has 0 saturated heterocycles. The van der Waals surface area contributed by atoms with Gasteiger partial charge in [-0.05, 0) is 69.2 Å². The Hall–Kier alpha value is -2.55. The summed E-state index contributed by atoms with van der Waals surface area (Å²) < 4.78 is 11.3. The van der Waals surface area contributed by atoms with Crippen molar-refractivity contribution in [2.45, 2.75) is 71.6 Å². The van der Waals surface area contributed by atoms with Crippen LogP contribution in [0, 0.1) is 0 Å². The van der Waals surface area contributed by atoms with Gasteiger partial charge in [-0.1, -0.05) is 50.4 Å². The number of carboxylic acid groups (broad SMARTS) is 1. The van der Waals surface area contributed by atoms with Crippen LogP contribution in [0.3, 0.4) is 0 Å². The number of aliphatic hydroxyl groups is 1. The lowest BCUT2D eigenvalue weighted by atomic mass is 10.0. The zero-order valence-electron chi connectivity index (χ0n) is 21.4. The number of ether oxygens (including phenoxy) is 2. The molecule has 0 spiro atoms. The molecule has 0 aromatic heterocycles. The molecule has 0 aliphatic rings. The summed E-state index contributed by atoms with van der Waals surface area (Å²) in [5.41, 5.74) is 0.263. The van der Waals surface area contributed by atoms with Crippen molar-refractivity contribution in [1.82, 2.24) is 5.32 Å². The van der Waals surface area contributed by atoms with Crippen molar-refractivity contribution in [1.29, 1.82) is 0 Å². The van der Waals surface area contributed by atoms with Crippen molar-refractivity contribution in [2.24, 2.45) is 0 Å². The number of carboxylic acids is 1. The van der Waals surface area contributed by atoms with E-state index in [0.717, 1.165) is 11.3 Å². The summed E-state index contributed by atoms with van der Waals surface area (Å²) in [7, 11) is 0. The van der Waals surface area contributed by atoms with Gasteiger partial charge in [-0.15, -0.1) is 0 Å². The van der Waals surface area contributed by atoms with Crippen LogP contribution in [0.15, 0.2) is 48.4 Å². The number of hydrogen-bond donors (Lipinski definition) is 3. The van der Waals surface area contributed by atoms with Crippen molar-refractivity contribution in [2.75, 3.05) is 13.2 Å². The summed E-state index contributed by atoms with van der Waals surface area (Å²) in [5.74, 6) is -1.00. The number of aliphatic hydroxyl groups excluding tert-OH is 1. The van der Waals surface area contributed by atoms with Crippen LogP contribution in [0.1, 0.15) is 69.8 Å². The number of carbonyl (C=O) groups excluding carboxylic acids is 1. The normalized spacial score (nSPS) is 13.6. The average molecular weight is 506 g/mol. The molecule has 1 unspecified atom stereocenters. The molecular formula is C27H39NO6S. The predicted molar refractivity (Wildman–Crippen MR) is 143 cm³/mol. The van der Waals surface area contributed by atoms with Crippen LogP contribution in [0.2, 0.25) is 0 Å². The summed E-state index contributed by atoms with van der Waals surface area (Å²) in [6.45, 7) is 17.2. The zero-order valence-corrected chi connectivity index (χ0v) is 22.2. The maximum Gasteiger partial charge on any atom is 0.335 e. The Morgan fingerprint density at radius 1 is 1.23 bits per heavy atom. The fourth-order valence-electron chi connectivity index (χ4n) is 3.16. The molecule has 1 rings (SSSR count). The molecule has 0 bridgehead atoms. The second kappa shape index (κ2) is 14.8. The monoisotopic (exact) mass is 505 g/mol. The van der Waals surface area contributed by atoms with E-state index in [1.54, 1.807) is 12.1 Å². The smallest absolute Gasteiger partial charge is 0.335 e. The maximum atomic E-state index is 12.2.